The number of hydrogen-bond donors (Lipinski definition) is 0. The molecule has 0 spiro atoms. The summed E-state index contributed by atoms with van der Waals surface area (Å²) in [6.45, 7) is 0. The first kappa shape index (κ1) is 10.3. The number of rotatable bonds is 1. The Morgan fingerprint density at radius 1 is 1.71 bits per heavy atom. The summed E-state index contributed by atoms with van der Waals surface area (Å²) in [5.74, 6) is -1.27. The molecule has 0 aromatic carbocycles. The van der Waals surface area contributed by atoms with Gasteiger partial charge in [-0.1, -0.05) is 11.6 Å². The second-order valence-corrected chi connectivity index (χ2v) is 0.864. The summed E-state index contributed by atoms with van der Waals surface area (Å²) in [5.41, 5.74) is 0.884. The van der Waals surface area contributed by atoms with E-state index in [2.05, 4.69) is 0 Å². The first-order valence-corrected chi connectivity index (χ1v) is 1.68. The fraction of sp³-hybridized carbons (Fsp3) is 0. The van der Waals surface area contributed by atoms with Crippen molar-refractivity contribution >= 4 is 17.6 Å². The molecule has 0 aliphatic carbocycles. The van der Waals surface area contributed by atoms with Gasteiger partial charge in [-0.15, -0.1) is 0 Å². The zero-order valence-corrected chi connectivity index (χ0v) is 5.39. The maximum absolute atomic E-state index is 9.32. The molecule has 0 aliphatic rings. The molecule has 0 fully saturated rings. The largest absolute Gasteiger partial charge is 1.00 e. The van der Waals surface area contributed by atoms with Gasteiger partial charge in [-0.25, -0.2) is 0 Å². The average Bonchev–Trinajstić information content (AvgIpc) is 1.35. The van der Waals surface area contributed by atoms with Crippen molar-refractivity contribution in [2.24, 2.45) is 0 Å². The summed E-state index contributed by atoms with van der Waals surface area (Å²) in [5, 5.41) is 9.32. The maximum Gasteiger partial charge on any atom is 1.00 e. The van der Waals surface area contributed by atoms with Crippen molar-refractivity contribution in [2.75, 3.05) is 0 Å². The smallest absolute Gasteiger partial charge is 0.545 e. The van der Waals surface area contributed by atoms with E-state index in [4.69, 9.17) is 11.6 Å². The van der Waals surface area contributed by atoms with Gasteiger partial charge >= 0.3 is 22.4 Å². The fourth-order valence-electron chi connectivity index (χ4n) is 0.0514. The van der Waals surface area contributed by atoms with E-state index in [1.54, 1.807) is 0 Å². The number of carbonyl (C=O) groups is 1. The topological polar surface area (TPSA) is 40.1 Å². The molecule has 4 heteroatoms. The van der Waals surface area contributed by atoms with Crippen LogP contribution in [0.15, 0.2) is 11.6 Å². The molecule has 0 unspecified atom stereocenters. The Morgan fingerprint density at radius 2 is 2.14 bits per heavy atom. The number of halogens is 1. The minimum atomic E-state index is -1.27. The van der Waals surface area contributed by atoms with Crippen LogP contribution >= 0.6 is 11.6 Å². The van der Waals surface area contributed by atoms with E-state index in [0.717, 1.165) is 11.6 Å². The number of carboxylic acid groups (broad SMARTS) is 1. The van der Waals surface area contributed by atoms with Gasteiger partial charge in [-0.3, -0.25) is 0 Å². The van der Waals surface area contributed by atoms with Gasteiger partial charge in [0.05, 0.1) is 5.97 Å². The van der Waals surface area contributed by atoms with Crippen molar-refractivity contribution in [2.45, 2.75) is 0 Å². The molecule has 0 atom stereocenters. The summed E-state index contributed by atoms with van der Waals surface area (Å²) < 4.78 is 0. The predicted octanol–water partition coefficient (Wildman–Crippen LogP) is -0.514. The van der Waals surface area contributed by atoms with E-state index in [1.807, 2.05) is 0 Å². The van der Waals surface area contributed by atoms with E-state index < -0.39 is 5.97 Å². The van der Waals surface area contributed by atoms with Gasteiger partial charge in [0.25, 0.3) is 0 Å². The van der Waals surface area contributed by atoms with Crippen LogP contribution in [0.1, 0.15) is 0 Å². The van der Waals surface area contributed by atoms with Crippen LogP contribution in [0, 0.1) is 0 Å². The van der Waals surface area contributed by atoms with Crippen LogP contribution in [0.4, 0.5) is 0 Å². The first-order chi connectivity index (χ1) is 2.77. The standard InChI is InChI=1S/C3H3ClO2.Ag/c4-2-1-3(5)6;/h1-2H,(H,5,6);/q;+1/p-1/b2-1+;. The third-order valence-electron chi connectivity index (χ3n) is 0.199. The second-order valence-electron chi connectivity index (χ2n) is 0.612. The molecule has 0 N–H and O–H groups in total. The molecule has 2 nitrogen and oxygen atoms in total. The van der Waals surface area contributed by atoms with Crippen molar-refractivity contribution in [1.29, 1.82) is 0 Å². The van der Waals surface area contributed by atoms with E-state index in [1.165, 1.54) is 0 Å². The number of carbonyl (C=O) groups excluding carboxylic acids is 1. The molecule has 0 aliphatic heterocycles. The average molecular weight is 213 g/mol. The molecular formula is C3H2AgClO2. The van der Waals surface area contributed by atoms with E-state index in [0.29, 0.717) is 0 Å². The fourth-order valence-corrected chi connectivity index (χ4v) is 0.154. The molecule has 0 aromatic rings. The summed E-state index contributed by atoms with van der Waals surface area (Å²) in [4.78, 5) is 9.32. The Bertz CT molecular complexity index is 81.0. The van der Waals surface area contributed by atoms with E-state index in [-0.39, 0.29) is 22.4 Å². The summed E-state index contributed by atoms with van der Waals surface area (Å²) in [6.07, 6.45) is 0.738. The molecule has 7 heavy (non-hydrogen) atoms. The van der Waals surface area contributed by atoms with Crippen LogP contribution in [-0.2, 0) is 27.2 Å². The quantitative estimate of drug-likeness (QED) is 0.435. The molecule has 0 radical (unpaired) electrons. The number of aliphatic carboxylic acids is 1. The Hall–Kier alpha value is 0.240. The van der Waals surface area contributed by atoms with Gasteiger partial charge < -0.3 is 9.90 Å². The van der Waals surface area contributed by atoms with Crippen molar-refractivity contribution in [3.8, 4) is 0 Å². The second kappa shape index (κ2) is 6.24. The number of carboxylic acids is 1. The van der Waals surface area contributed by atoms with Gasteiger partial charge in [0.2, 0.25) is 0 Å². The summed E-state index contributed by atoms with van der Waals surface area (Å²) >= 11 is 4.80. The van der Waals surface area contributed by atoms with Crippen LogP contribution in [0.2, 0.25) is 0 Å². The van der Waals surface area contributed by atoms with Crippen molar-refractivity contribution in [3.05, 3.63) is 11.6 Å². The van der Waals surface area contributed by atoms with Crippen molar-refractivity contribution in [3.63, 3.8) is 0 Å². The third-order valence-corrected chi connectivity index (χ3v) is 0.325. The predicted molar refractivity (Wildman–Crippen MR) is 20.0 cm³/mol. The normalized spacial score (nSPS) is 8.14. The van der Waals surface area contributed by atoms with Crippen LogP contribution < -0.4 is 5.11 Å². The van der Waals surface area contributed by atoms with Crippen LogP contribution in [-0.4, -0.2) is 5.97 Å². The minimum absolute atomic E-state index is 0. The van der Waals surface area contributed by atoms with Crippen LogP contribution in [0.3, 0.4) is 0 Å². The Morgan fingerprint density at radius 3 is 2.14 bits per heavy atom. The molecule has 0 heterocycles. The molecule has 0 saturated carbocycles. The molecule has 0 aromatic heterocycles. The van der Waals surface area contributed by atoms with E-state index >= 15 is 0 Å². The monoisotopic (exact) mass is 212 g/mol. The molecule has 44 valence electrons. The minimum Gasteiger partial charge on any atom is -0.545 e. The zero-order valence-electron chi connectivity index (χ0n) is 3.15. The summed E-state index contributed by atoms with van der Waals surface area (Å²) in [6, 6.07) is 0. The molecular weight excluding hydrogens is 211 g/mol. The maximum atomic E-state index is 9.32. The Balaban J connectivity index is 0. The zero-order chi connectivity index (χ0) is 4.99. The van der Waals surface area contributed by atoms with Gasteiger partial charge in [-0.2, -0.15) is 0 Å². The van der Waals surface area contributed by atoms with Gasteiger partial charge in [0.1, 0.15) is 0 Å². The molecule has 0 amide bonds. The van der Waals surface area contributed by atoms with E-state index in [9.17, 15) is 9.90 Å². The van der Waals surface area contributed by atoms with Crippen LogP contribution in [0.5, 0.6) is 0 Å². The SMILES string of the molecule is O=C([O-])/C=C/Cl.[Ag+]. The molecule has 0 rings (SSSR count). The van der Waals surface area contributed by atoms with Gasteiger partial charge in [-0.05, 0) is 6.08 Å². The Kier molecular flexibility index (Phi) is 9.15. The van der Waals surface area contributed by atoms with Crippen molar-refractivity contribution < 1.29 is 32.3 Å². The van der Waals surface area contributed by atoms with Crippen LogP contribution in [0.25, 0.3) is 0 Å². The third kappa shape index (κ3) is 10.7. The molecule has 0 saturated heterocycles. The molecule has 0 bridgehead atoms. The Labute approximate surface area is 61.7 Å². The summed E-state index contributed by atoms with van der Waals surface area (Å²) in [7, 11) is 0. The van der Waals surface area contributed by atoms with Gasteiger partial charge in [0.15, 0.2) is 0 Å². The number of hydrogen-bond acceptors (Lipinski definition) is 2. The van der Waals surface area contributed by atoms with Crippen molar-refractivity contribution in [1.82, 2.24) is 0 Å². The first-order valence-electron chi connectivity index (χ1n) is 1.25. The van der Waals surface area contributed by atoms with Gasteiger partial charge in [0, 0.05) is 5.54 Å².